The Morgan fingerprint density at radius 3 is 1.10 bits per heavy atom. The van der Waals surface area contributed by atoms with Crippen LogP contribution in [0.2, 0.25) is 0 Å². The second-order valence-corrected chi connectivity index (χ2v) is 19.9. The molecule has 0 saturated heterocycles. The summed E-state index contributed by atoms with van der Waals surface area (Å²) in [5.74, 6) is -1.32. The van der Waals surface area contributed by atoms with Gasteiger partial charge in [0.15, 0.2) is 0 Å². The number of alkyl halides is 14. The lowest BCUT2D eigenvalue weighted by molar-refractivity contribution is -0.290. The maximum absolute atomic E-state index is 13.9. The molecule has 0 aliphatic rings. The van der Waals surface area contributed by atoms with E-state index in [9.17, 15) is 62.9 Å². The zero-order chi connectivity index (χ0) is 52.3. The van der Waals surface area contributed by atoms with E-state index in [2.05, 4.69) is 69.3 Å². The number of nitrogens with zero attached hydrogens (tertiary/aromatic N) is 1. The molecule has 372 valence electrons. The monoisotopic (exact) mass is 1240 g/mol. The number of nitrogens with one attached hydrogen (secondary N) is 1. The zero-order valence-electron chi connectivity index (χ0n) is 35.3. The van der Waals surface area contributed by atoms with E-state index in [4.69, 9.17) is 22.9 Å². The number of nitrogen functional groups attached to an aromatic ring is 4. The molecule has 69 heavy (non-hydrogen) atoms. The molecular formula is C45H38Br4F12N6O2. The first-order valence-electron chi connectivity index (χ1n) is 19.2. The number of aromatic hydroxyl groups is 2. The van der Waals surface area contributed by atoms with Crippen molar-refractivity contribution in [3.63, 3.8) is 0 Å². The van der Waals surface area contributed by atoms with Gasteiger partial charge < -0.3 is 38.5 Å². The number of aryl methyl sites for hydroxylation is 2. The van der Waals surface area contributed by atoms with Gasteiger partial charge in [-0.2, -0.15) is 52.7 Å². The van der Waals surface area contributed by atoms with Crippen molar-refractivity contribution in [2.24, 2.45) is 0 Å². The fraction of sp³-hybridized carbons (Fsp3) is 0.200. The summed E-state index contributed by atoms with van der Waals surface area (Å²) >= 11 is 14.3. The van der Waals surface area contributed by atoms with Crippen molar-refractivity contribution in [3.05, 3.63) is 165 Å². The Kier molecular flexibility index (Phi) is 17.2. The predicted octanol–water partition coefficient (Wildman–Crippen LogP) is 14.6. The average molecular weight is 1240 g/mol. The molecule has 11 N–H and O–H groups in total. The number of phenolic OH excluding ortho intramolecular Hbond substituents is 2. The normalized spacial score (nSPS) is 12.6. The minimum Gasteiger partial charge on any atom is -0.506 e. The quantitative estimate of drug-likeness (QED) is 0.0151. The third kappa shape index (κ3) is 11.7. The van der Waals surface area contributed by atoms with Crippen LogP contribution in [0.3, 0.4) is 0 Å². The Hall–Kier alpha value is -5.20. The van der Waals surface area contributed by atoms with Crippen LogP contribution >= 0.6 is 63.9 Å². The van der Waals surface area contributed by atoms with Gasteiger partial charge in [-0.1, -0.05) is 66.7 Å². The number of benzene rings is 6. The molecule has 0 amide bonds. The molecule has 8 nitrogen and oxygen atoms in total. The van der Waals surface area contributed by atoms with E-state index < -0.39 is 84.1 Å². The second-order valence-electron chi connectivity index (χ2n) is 14.9. The van der Waals surface area contributed by atoms with Crippen LogP contribution in [0, 0.1) is 13.8 Å². The summed E-state index contributed by atoms with van der Waals surface area (Å²) in [4.78, 5) is 0. The Bertz CT molecular complexity index is 2470. The fourth-order valence-corrected chi connectivity index (χ4v) is 8.73. The number of hydrogen-bond acceptors (Lipinski definition) is 8. The molecular weight excluding hydrogens is 1200 g/mol. The molecule has 0 aromatic heterocycles. The maximum Gasteiger partial charge on any atom is 0.411 e. The van der Waals surface area contributed by atoms with Crippen molar-refractivity contribution >= 4 is 98.1 Å². The van der Waals surface area contributed by atoms with Gasteiger partial charge in [-0.3, -0.25) is 3.93 Å². The molecule has 0 spiro atoms. The highest BCUT2D eigenvalue weighted by molar-refractivity contribution is 9.26. The summed E-state index contributed by atoms with van der Waals surface area (Å²) < 4.78 is 168. The molecule has 0 heterocycles. The van der Waals surface area contributed by atoms with E-state index in [1.54, 1.807) is 0 Å². The molecule has 0 aliphatic carbocycles. The molecule has 0 unspecified atom stereocenters. The number of nitrogens with two attached hydrogens (primary N) is 4. The van der Waals surface area contributed by atoms with Crippen LogP contribution in [0.25, 0.3) is 0 Å². The van der Waals surface area contributed by atoms with E-state index in [0.29, 0.717) is 59.7 Å². The minimum absolute atomic E-state index is 0.157. The van der Waals surface area contributed by atoms with Gasteiger partial charge in [0.25, 0.3) is 0 Å². The lowest BCUT2D eigenvalue weighted by Gasteiger charge is -2.38. The lowest BCUT2D eigenvalue weighted by atomic mass is 9.72. The summed E-state index contributed by atoms with van der Waals surface area (Å²) in [6, 6.07) is 26.2. The second kappa shape index (κ2) is 21.0. The first-order chi connectivity index (χ1) is 31.6. The van der Waals surface area contributed by atoms with Gasteiger partial charge in [0, 0.05) is 21.5 Å². The maximum atomic E-state index is 13.9. The summed E-state index contributed by atoms with van der Waals surface area (Å²) in [6.07, 6.45) is -23.0. The molecule has 0 saturated carbocycles. The van der Waals surface area contributed by atoms with Crippen molar-refractivity contribution in [1.82, 2.24) is 0 Å². The molecule has 0 fully saturated rings. The summed E-state index contributed by atoms with van der Waals surface area (Å²) in [5.41, 5.74) is 9.68. The number of phenols is 2. The van der Waals surface area contributed by atoms with Gasteiger partial charge in [-0.05, 0) is 156 Å². The number of para-hydroxylation sites is 2. The molecule has 0 radical (unpaired) electrons. The van der Waals surface area contributed by atoms with Gasteiger partial charge >= 0.3 is 24.7 Å². The van der Waals surface area contributed by atoms with E-state index in [0.717, 1.165) is 40.1 Å². The number of hydrogen-bond donors (Lipinski definition) is 7. The van der Waals surface area contributed by atoms with Gasteiger partial charge in [0.1, 0.15) is 11.5 Å². The van der Waals surface area contributed by atoms with Gasteiger partial charge in [0.05, 0.1) is 33.2 Å². The Balaban J connectivity index is 0.000000228. The van der Waals surface area contributed by atoms with Crippen molar-refractivity contribution in [2.75, 3.05) is 32.2 Å². The van der Waals surface area contributed by atoms with E-state index in [1.165, 1.54) is 13.8 Å². The van der Waals surface area contributed by atoms with E-state index in [-0.39, 0.29) is 11.4 Å². The third-order valence-corrected chi connectivity index (χ3v) is 14.1. The standard InChI is InChI=1S/C17H16F6N2.C15H12F6N2O2.C13H10Br4N2/c1-9-3-5-11(7-13(9)24)15(16(18,19)20,17(21,22)23)12-6-4-10(2)14(25)8-12;16-14(17,18)13(15(19,20)21,7-1-3-11(24)9(22)5-7)8-2-4-12(25)10(23)6-8;14-11-8-4-5-9-12(11)19(17)13(15,16)18-10-6-2-1-3-7-10/h3-8H,24-25H2,1-2H3;1-6,24-25H,22-23H2;1-9,18H. The van der Waals surface area contributed by atoms with Crippen LogP contribution in [0.1, 0.15) is 33.4 Å². The predicted molar refractivity (Wildman–Crippen MR) is 258 cm³/mol. The van der Waals surface area contributed by atoms with Crippen molar-refractivity contribution in [2.45, 2.75) is 52.9 Å². The molecule has 0 bridgehead atoms. The van der Waals surface area contributed by atoms with Crippen LogP contribution in [0.15, 0.2) is 132 Å². The Morgan fingerprint density at radius 2 is 0.783 bits per heavy atom. The fourth-order valence-electron chi connectivity index (χ4n) is 6.79. The zero-order valence-corrected chi connectivity index (χ0v) is 41.7. The van der Waals surface area contributed by atoms with Crippen LogP contribution in [0.5, 0.6) is 11.5 Å². The van der Waals surface area contributed by atoms with E-state index >= 15 is 0 Å². The van der Waals surface area contributed by atoms with Crippen LogP contribution in [-0.4, -0.2) is 38.4 Å². The molecule has 24 heteroatoms. The smallest absolute Gasteiger partial charge is 0.411 e. The molecule has 6 rings (SSSR count). The van der Waals surface area contributed by atoms with Crippen molar-refractivity contribution in [1.29, 1.82) is 0 Å². The van der Waals surface area contributed by atoms with Crippen LogP contribution in [-0.2, 0) is 10.8 Å². The highest BCUT2D eigenvalue weighted by atomic mass is 79.9. The summed E-state index contributed by atoms with van der Waals surface area (Å²) in [5, 5.41) is 22.0. The first-order valence-corrected chi connectivity index (χ1v) is 22.3. The third-order valence-electron chi connectivity index (χ3n) is 10.4. The van der Waals surface area contributed by atoms with Crippen molar-refractivity contribution in [3.8, 4) is 11.5 Å². The Labute approximate surface area is 420 Å². The first kappa shape index (κ1) is 56.4. The average Bonchev–Trinajstić information content (AvgIpc) is 3.22. The van der Waals surface area contributed by atoms with Gasteiger partial charge in [0.2, 0.25) is 14.3 Å². The number of anilines is 6. The number of rotatable bonds is 8. The SMILES string of the molecule is Brc1ccccc1N(Br)C(Br)(Br)Nc1ccccc1.Cc1ccc(C(c2ccc(C)c(N)c2)(C(F)(F)F)C(F)(F)F)cc1N.Nc1cc(C(c2ccc(O)c(N)c2)(C(F)(F)F)C(F)(F)F)ccc1O. The van der Waals surface area contributed by atoms with Gasteiger partial charge in [-0.25, -0.2) is 0 Å². The highest BCUT2D eigenvalue weighted by Crippen LogP contribution is 2.58. The molecule has 6 aromatic rings. The lowest BCUT2D eigenvalue weighted by Crippen LogP contribution is -2.54. The minimum atomic E-state index is -5.82. The topological polar surface area (TPSA) is 160 Å². The summed E-state index contributed by atoms with van der Waals surface area (Å²) in [6.45, 7) is 2.98. The van der Waals surface area contributed by atoms with E-state index in [1.807, 2.05) is 58.5 Å². The largest absolute Gasteiger partial charge is 0.506 e. The van der Waals surface area contributed by atoms with Crippen LogP contribution < -0.4 is 32.2 Å². The molecule has 0 atom stereocenters. The van der Waals surface area contributed by atoms with Crippen molar-refractivity contribution < 1.29 is 62.9 Å². The molecule has 6 aromatic carbocycles. The highest BCUT2D eigenvalue weighted by Gasteiger charge is 2.73. The van der Waals surface area contributed by atoms with Gasteiger partial charge in [-0.15, -0.1) is 0 Å². The molecule has 0 aliphatic heterocycles. The summed E-state index contributed by atoms with van der Waals surface area (Å²) in [7, 11) is 0. The Morgan fingerprint density at radius 1 is 0.464 bits per heavy atom. The number of halogens is 16. The van der Waals surface area contributed by atoms with Crippen LogP contribution in [0.4, 0.5) is 86.8 Å².